The first-order chi connectivity index (χ1) is 12.2. The fourth-order valence-corrected chi connectivity index (χ4v) is 2.49. The van der Waals surface area contributed by atoms with Crippen LogP contribution < -0.4 is 10.6 Å². The zero-order valence-electron chi connectivity index (χ0n) is 14.2. The van der Waals surface area contributed by atoms with Crippen LogP contribution in [0.25, 0.3) is 0 Å². The molecule has 130 valence electrons. The molecule has 0 saturated heterocycles. The molecular formula is C18H22N6O. The molecule has 0 aliphatic rings. The zero-order valence-corrected chi connectivity index (χ0v) is 14.2. The molecule has 3 rings (SSSR count). The Morgan fingerprint density at radius 1 is 1.16 bits per heavy atom. The van der Waals surface area contributed by atoms with Crippen LogP contribution in [-0.4, -0.2) is 38.6 Å². The average molecular weight is 338 g/mol. The van der Waals surface area contributed by atoms with Gasteiger partial charge in [-0.25, -0.2) is 4.68 Å². The lowest BCUT2D eigenvalue weighted by molar-refractivity contribution is -0.115. The van der Waals surface area contributed by atoms with E-state index in [4.69, 9.17) is 0 Å². The summed E-state index contributed by atoms with van der Waals surface area (Å²) in [7, 11) is 0. The van der Waals surface area contributed by atoms with Gasteiger partial charge in [0.05, 0.1) is 32.0 Å². The number of hydrogen-bond donors (Lipinski definition) is 2. The van der Waals surface area contributed by atoms with Gasteiger partial charge >= 0.3 is 0 Å². The van der Waals surface area contributed by atoms with Gasteiger partial charge in [0.1, 0.15) is 5.82 Å². The van der Waals surface area contributed by atoms with Crippen LogP contribution in [0.3, 0.4) is 0 Å². The van der Waals surface area contributed by atoms with Crippen LogP contribution >= 0.6 is 0 Å². The van der Waals surface area contributed by atoms with Crippen LogP contribution in [0.1, 0.15) is 11.1 Å². The van der Waals surface area contributed by atoms with Gasteiger partial charge in [0.25, 0.3) is 0 Å². The first-order valence-electron chi connectivity index (χ1n) is 8.26. The molecular weight excluding hydrogens is 316 g/mol. The topological polar surface area (TPSA) is 76.8 Å². The molecule has 1 aromatic carbocycles. The Balaban J connectivity index is 1.44. The predicted octanol–water partition coefficient (Wildman–Crippen LogP) is 1.66. The van der Waals surface area contributed by atoms with E-state index < -0.39 is 0 Å². The van der Waals surface area contributed by atoms with Gasteiger partial charge in [-0.15, -0.1) is 0 Å². The van der Waals surface area contributed by atoms with Crippen LogP contribution in [0.5, 0.6) is 0 Å². The molecule has 0 spiro atoms. The fourth-order valence-electron chi connectivity index (χ4n) is 2.49. The molecule has 3 aromatic rings. The second kappa shape index (κ2) is 8.25. The van der Waals surface area contributed by atoms with Gasteiger partial charge in [-0.3, -0.25) is 9.48 Å². The molecule has 0 radical (unpaired) electrons. The number of hydrogen-bond acceptors (Lipinski definition) is 4. The van der Waals surface area contributed by atoms with E-state index in [0.717, 1.165) is 17.7 Å². The second-order valence-corrected chi connectivity index (χ2v) is 5.87. The van der Waals surface area contributed by atoms with Crippen LogP contribution in [0.15, 0.2) is 55.0 Å². The highest BCUT2D eigenvalue weighted by molar-refractivity contribution is 5.91. The minimum atomic E-state index is -0.0912. The molecule has 2 heterocycles. The second-order valence-electron chi connectivity index (χ2n) is 5.87. The number of carbonyl (C=O) groups is 1. The van der Waals surface area contributed by atoms with Crippen molar-refractivity contribution in [3.05, 3.63) is 66.1 Å². The molecule has 7 heteroatoms. The van der Waals surface area contributed by atoms with E-state index in [0.29, 0.717) is 18.9 Å². The molecule has 0 bridgehead atoms. The molecule has 25 heavy (non-hydrogen) atoms. The SMILES string of the molecule is Cc1cnn(CCNCC(=O)Nc2ccnn2Cc2ccccc2)c1. The van der Waals surface area contributed by atoms with E-state index in [9.17, 15) is 4.79 Å². The van der Waals surface area contributed by atoms with E-state index in [-0.39, 0.29) is 12.5 Å². The largest absolute Gasteiger partial charge is 0.310 e. The standard InChI is InChI=1S/C18H22N6O/c1-15-11-21-23(13-15)10-9-19-12-18(25)22-17-7-8-20-24(17)14-16-5-3-2-4-6-16/h2-8,11,13,19H,9-10,12,14H2,1H3,(H,22,25). The number of benzene rings is 1. The Kier molecular flexibility index (Phi) is 5.58. The Morgan fingerprint density at radius 3 is 2.76 bits per heavy atom. The van der Waals surface area contributed by atoms with Crippen molar-refractivity contribution in [3.63, 3.8) is 0 Å². The molecule has 2 N–H and O–H groups in total. The third-order valence-electron chi connectivity index (χ3n) is 3.72. The van der Waals surface area contributed by atoms with Crippen LogP contribution in [-0.2, 0) is 17.9 Å². The normalized spacial score (nSPS) is 10.8. The fraction of sp³-hybridized carbons (Fsp3) is 0.278. The summed E-state index contributed by atoms with van der Waals surface area (Å²) in [4.78, 5) is 12.1. The molecule has 0 aliphatic carbocycles. The molecule has 0 unspecified atom stereocenters. The van der Waals surface area contributed by atoms with Gasteiger partial charge in [-0.1, -0.05) is 30.3 Å². The Labute approximate surface area is 146 Å². The summed E-state index contributed by atoms with van der Waals surface area (Å²) in [6, 6.07) is 11.8. The van der Waals surface area contributed by atoms with Crippen molar-refractivity contribution < 1.29 is 4.79 Å². The molecule has 0 aliphatic heterocycles. The molecule has 2 aromatic heterocycles. The van der Waals surface area contributed by atoms with E-state index in [1.807, 2.05) is 54.3 Å². The zero-order chi connectivity index (χ0) is 17.5. The summed E-state index contributed by atoms with van der Waals surface area (Å²) >= 11 is 0. The van der Waals surface area contributed by atoms with Gasteiger partial charge in [-0.05, 0) is 18.1 Å². The molecule has 1 amide bonds. The van der Waals surface area contributed by atoms with Crippen LogP contribution in [0, 0.1) is 6.92 Å². The maximum atomic E-state index is 12.1. The van der Waals surface area contributed by atoms with Gasteiger partial charge in [0, 0.05) is 18.8 Å². The Morgan fingerprint density at radius 2 is 2.00 bits per heavy atom. The third-order valence-corrected chi connectivity index (χ3v) is 3.72. The third kappa shape index (κ3) is 5.02. The maximum absolute atomic E-state index is 12.1. The minimum Gasteiger partial charge on any atom is -0.310 e. The summed E-state index contributed by atoms with van der Waals surface area (Å²) < 4.78 is 3.63. The van der Waals surface area contributed by atoms with Crippen molar-refractivity contribution in [1.29, 1.82) is 0 Å². The highest BCUT2D eigenvalue weighted by atomic mass is 16.2. The van der Waals surface area contributed by atoms with Crippen LogP contribution in [0.4, 0.5) is 5.82 Å². The average Bonchev–Trinajstić information content (AvgIpc) is 3.22. The molecule has 7 nitrogen and oxygen atoms in total. The Hall–Kier alpha value is -2.93. The van der Waals surface area contributed by atoms with Crippen molar-refractivity contribution in [2.75, 3.05) is 18.4 Å². The summed E-state index contributed by atoms with van der Waals surface area (Å²) in [6.07, 6.45) is 5.48. The lowest BCUT2D eigenvalue weighted by atomic mass is 10.2. The van der Waals surface area contributed by atoms with Gasteiger partial charge in [-0.2, -0.15) is 10.2 Å². The van der Waals surface area contributed by atoms with Crippen molar-refractivity contribution in [1.82, 2.24) is 24.9 Å². The molecule has 0 saturated carbocycles. The van der Waals surface area contributed by atoms with Crippen molar-refractivity contribution >= 4 is 11.7 Å². The molecule has 0 fully saturated rings. The van der Waals surface area contributed by atoms with E-state index >= 15 is 0 Å². The molecule has 0 atom stereocenters. The van der Waals surface area contributed by atoms with E-state index in [1.54, 1.807) is 16.9 Å². The summed E-state index contributed by atoms with van der Waals surface area (Å²) in [5.41, 5.74) is 2.26. The summed E-state index contributed by atoms with van der Waals surface area (Å²) in [5, 5.41) is 14.5. The highest BCUT2D eigenvalue weighted by Gasteiger charge is 2.07. The number of anilines is 1. The lowest BCUT2D eigenvalue weighted by Gasteiger charge is -2.10. The number of aryl methyl sites for hydroxylation is 1. The number of carbonyl (C=O) groups excluding carboxylic acids is 1. The van der Waals surface area contributed by atoms with Crippen molar-refractivity contribution in [2.45, 2.75) is 20.0 Å². The predicted molar refractivity (Wildman–Crippen MR) is 96.2 cm³/mol. The first-order valence-corrected chi connectivity index (χ1v) is 8.26. The van der Waals surface area contributed by atoms with Crippen LogP contribution in [0.2, 0.25) is 0 Å². The summed E-state index contributed by atoms with van der Waals surface area (Å²) in [5.74, 6) is 0.602. The minimum absolute atomic E-state index is 0.0912. The monoisotopic (exact) mass is 338 g/mol. The number of nitrogens with one attached hydrogen (secondary N) is 2. The smallest absolute Gasteiger partial charge is 0.239 e. The number of amides is 1. The Bertz CT molecular complexity index is 808. The van der Waals surface area contributed by atoms with Gasteiger partial charge < -0.3 is 10.6 Å². The summed E-state index contributed by atoms with van der Waals surface area (Å²) in [6.45, 7) is 4.28. The van der Waals surface area contributed by atoms with Crippen molar-refractivity contribution in [3.8, 4) is 0 Å². The van der Waals surface area contributed by atoms with E-state index in [1.165, 1.54) is 0 Å². The lowest BCUT2D eigenvalue weighted by Crippen LogP contribution is -2.31. The number of nitrogens with zero attached hydrogens (tertiary/aromatic N) is 4. The number of rotatable bonds is 8. The highest BCUT2D eigenvalue weighted by Crippen LogP contribution is 2.09. The van der Waals surface area contributed by atoms with Gasteiger partial charge in [0.15, 0.2) is 0 Å². The maximum Gasteiger partial charge on any atom is 0.239 e. The van der Waals surface area contributed by atoms with Crippen molar-refractivity contribution in [2.24, 2.45) is 0 Å². The first kappa shape index (κ1) is 16.9. The quantitative estimate of drug-likeness (QED) is 0.613. The van der Waals surface area contributed by atoms with E-state index in [2.05, 4.69) is 20.8 Å². The number of aromatic nitrogens is 4. The van der Waals surface area contributed by atoms with Gasteiger partial charge in [0.2, 0.25) is 5.91 Å².